The Morgan fingerprint density at radius 2 is 1.80 bits per heavy atom. The molecule has 0 unspecified atom stereocenters. The van der Waals surface area contributed by atoms with Gasteiger partial charge in [0, 0.05) is 12.6 Å². The summed E-state index contributed by atoms with van der Waals surface area (Å²) in [7, 11) is 0. The predicted octanol–water partition coefficient (Wildman–Crippen LogP) is 2.42. The van der Waals surface area contributed by atoms with E-state index in [9.17, 15) is 9.59 Å². The Labute approximate surface area is 125 Å². The summed E-state index contributed by atoms with van der Waals surface area (Å²) >= 11 is 5.43. The molecule has 1 saturated carbocycles. The van der Waals surface area contributed by atoms with Crippen LogP contribution in [0.15, 0.2) is 0 Å². The number of nitrogens with one attached hydrogen (secondary N) is 2. The predicted molar refractivity (Wildman–Crippen MR) is 78.8 cm³/mol. The van der Waals surface area contributed by atoms with Crippen LogP contribution in [0.1, 0.15) is 46.5 Å². The van der Waals surface area contributed by atoms with Crippen LogP contribution < -0.4 is 10.6 Å². The van der Waals surface area contributed by atoms with Crippen LogP contribution in [0.2, 0.25) is 0 Å². The zero-order valence-electron chi connectivity index (χ0n) is 12.5. The van der Waals surface area contributed by atoms with E-state index < -0.39 is 5.60 Å². The summed E-state index contributed by atoms with van der Waals surface area (Å²) < 4.78 is 5.24. The molecule has 1 rings (SSSR count). The van der Waals surface area contributed by atoms with Crippen LogP contribution in [-0.2, 0) is 9.53 Å². The van der Waals surface area contributed by atoms with Crippen molar-refractivity contribution in [1.82, 2.24) is 10.6 Å². The molecule has 1 aliphatic rings. The molecular weight excluding hydrogens is 280 g/mol. The summed E-state index contributed by atoms with van der Waals surface area (Å²) in [6.07, 6.45) is 3.46. The van der Waals surface area contributed by atoms with E-state index in [1.165, 1.54) is 0 Å². The van der Waals surface area contributed by atoms with Gasteiger partial charge in [-0.1, -0.05) is 0 Å². The zero-order chi connectivity index (χ0) is 15.2. The number of carbonyl (C=O) groups excluding carboxylic acids is 2. The van der Waals surface area contributed by atoms with Crippen LogP contribution >= 0.6 is 11.6 Å². The first-order chi connectivity index (χ1) is 9.30. The number of halogens is 1. The van der Waals surface area contributed by atoms with Gasteiger partial charge in [-0.3, -0.25) is 4.79 Å². The molecule has 2 amide bonds. The normalized spacial score (nSPS) is 23.0. The minimum absolute atomic E-state index is 0.00947. The molecule has 0 saturated heterocycles. The van der Waals surface area contributed by atoms with E-state index in [0.717, 1.165) is 25.7 Å². The molecule has 2 N–H and O–H groups in total. The van der Waals surface area contributed by atoms with E-state index in [1.54, 1.807) is 0 Å². The quantitative estimate of drug-likeness (QED) is 0.784. The van der Waals surface area contributed by atoms with Crippen molar-refractivity contribution in [1.29, 1.82) is 0 Å². The first-order valence-electron chi connectivity index (χ1n) is 7.12. The summed E-state index contributed by atoms with van der Waals surface area (Å²) in [6, 6.07) is 0.171. The van der Waals surface area contributed by atoms with Crippen LogP contribution in [0.5, 0.6) is 0 Å². The highest BCUT2D eigenvalue weighted by molar-refractivity contribution is 6.27. The van der Waals surface area contributed by atoms with Gasteiger partial charge in [-0.05, 0) is 52.4 Å². The maximum absolute atomic E-state index is 11.7. The number of hydrogen-bond donors (Lipinski definition) is 2. The second-order valence-corrected chi connectivity index (χ2v) is 6.57. The number of alkyl carbamates (subject to hydrolysis) is 1. The monoisotopic (exact) mass is 304 g/mol. The van der Waals surface area contributed by atoms with Crippen molar-refractivity contribution in [2.75, 3.05) is 12.4 Å². The largest absolute Gasteiger partial charge is 0.444 e. The van der Waals surface area contributed by atoms with Crippen LogP contribution in [0, 0.1) is 5.92 Å². The summed E-state index contributed by atoms with van der Waals surface area (Å²) in [5, 5.41) is 5.71. The van der Waals surface area contributed by atoms with Crippen molar-refractivity contribution in [2.24, 2.45) is 5.92 Å². The molecule has 6 heteroatoms. The maximum Gasteiger partial charge on any atom is 0.407 e. The number of rotatable bonds is 4. The highest BCUT2D eigenvalue weighted by atomic mass is 35.5. The van der Waals surface area contributed by atoms with Crippen LogP contribution in [-0.4, -0.2) is 36.1 Å². The van der Waals surface area contributed by atoms with E-state index in [0.29, 0.717) is 12.5 Å². The van der Waals surface area contributed by atoms with Gasteiger partial charge >= 0.3 is 6.09 Å². The second kappa shape index (κ2) is 7.72. The number of alkyl halides is 1. The topological polar surface area (TPSA) is 67.4 Å². The first-order valence-corrected chi connectivity index (χ1v) is 7.66. The minimum Gasteiger partial charge on any atom is -0.444 e. The number of carbonyl (C=O) groups is 2. The summed E-state index contributed by atoms with van der Waals surface area (Å²) in [4.78, 5) is 22.7. The van der Waals surface area contributed by atoms with Gasteiger partial charge in [0.15, 0.2) is 0 Å². The van der Waals surface area contributed by atoms with Gasteiger partial charge in [-0.25, -0.2) is 4.79 Å². The third kappa shape index (κ3) is 6.98. The first kappa shape index (κ1) is 17.1. The maximum atomic E-state index is 11.7. The Kier molecular flexibility index (Phi) is 6.59. The Morgan fingerprint density at radius 1 is 1.20 bits per heavy atom. The molecule has 1 aliphatic carbocycles. The van der Waals surface area contributed by atoms with Gasteiger partial charge in [-0.2, -0.15) is 0 Å². The zero-order valence-corrected chi connectivity index (χ0v) is 13.3. The van der Waals surface area contributed by atoms with E-state index in [2.05, 4.69) is 10.6 Å². The average molecular weight is 305 g/mol. The molecule has 20 heavy (non-hydrogen) atoms. The fourth-order valence-electron chi connectivity index (χ4n) is 2.29. The molecule has 116 valence electrons. The standard InChI is InChI=1S/C14H25ClN2O3/c1-14(2,3)20-13(19)17-11-6-4-10(5-7-11)9-16-12(18)8-15/h10-11H,4-9H2,1-3H3,(H,16,18)(H,17,19). The molecule has 0 aromatic carbocycles. The lowest BCUT2D eigenvalue weighted by atomic mass is 9.86. The molecule has 0 heterocycles. The molecular formula is C14H25ClN2O3. The minimum atomic E-state index is -0.465. The molecule has 1 fully saturated rings. The van der Waals surface area contributed by atoms with Gasteiger partial charge in [0.2, 0.25) is 5.91 Å². The average Bonchev–Trinajstić information content (AvgIpc) is 2.35. The Morgan fingerprint density at radius 3 is 2.30 bits per heavy atom. The van der Waals surface area contributed by atoms with Crippen LogP contribution in [0.4, 0.5) is 4.79 Å². The number of ether oxygens (including phenoxy) is 1. The van der Waals surface area contributed by atoms with Crippen molar-refractivity contribution in [3.8, 4) is 0 Å². The van der Waals surface area contributed by atoms with Gasteiger partial charge in [-0.15, -0.1) is 11.6 Å². The Bertz CT molecular complexity index is 334. The fraction of sp³-hybridized carbons (Fsp3) is 0.857. The number of hydrogen-bond acceptors (Lipinski definition) is 3. The van der Waals surface area contributed by atoms with E-state index in [-0.39, 0.29) is 23.9 Å². The van der Waals surface area contributed by atoms with Crippen molar-refractivity contribution in [2.45, 2.75) is 58.1 Å². The molecule has 0 radical (unpaired) electrons. The Hall–Kier alpha value is -0.970. The van der Waals surface area contributed by atoms with Crippen molar-refractivity contribution >= 4 is 23.6 Å². The third-order valence-corrected chi connectivity index (χ3v) is 3.52. The molecule has 0 aromatic rings. The molecule has 0 bridgehead atoms. The molecule has 0 spiro atoms. The van der Waals surface area contributed by atoms with Crippen molar-refractivity contribution < 1.29 is 14.3 Å². The molecule has 0 aliphatic heterocycles. The lowest BCUT2D eigenvalue weighted by Gasteiger charge is -2.30. The third-order valence-electron chi connectivity index (χ3n) is 3.28. The van der Waals surface area contributed by atoms with Gasteiger partial charge in [0.1, 0.15) is 11.5 Å². The highest BCUT2D eigenvalue weighted by Crippen LogP contribution is 2.24. The molecule has 0 atom stereocenters. The van der Waals surface area contributed by atoms with Crippen molar-refractivity contribution in [3.63, 3.8) is 0 Å². The smallest absolute Gasteiger partial charge is 0.407 e. The van der Waals surface area contributed by atoms with Crippen LogP contribution in [0.3, 0.4) is 0 Å². The molecule has 0 aromatic heterocycles. The van der Waals surface area contributed by atoms with Crippen LogP contribution in [0.25, 0.3) is 0 Å². The summed E-state index contributed by atoms with van der Waals surface area (Å²) in [5.74, 6) is 0.356. The van der Waals surface area contributed by atoms with Gasteiger partial charge < -0.3 is 15.4 Å². The van der Waals surface area contributed by atoms with Crippen molar-refractivity contribution in [3.05, 3.63) is 0 Å². The SMILES string of the molecule is CC(C)(C)OC(=O)NC1CCC(CNC(=O)CCl)CC1. The van der Waals surface area contributed by atoms with E-state index in [1.807, 2.05) is 20.8 Å². The highest BCUT2D eigenvalue weighted by Gasteiger charge is 2.24. The van der Waals surface area contributed by atoms with E-state index in [4.69, 9.17) is 16.3 Å². The lowest BCUT2D eigenvalue weighted by molar-refractivity contribution is -0.118. The summed E-state index contributed by atoms with van der Waals surface area (Å²) in [6.45, 7) is 6.22. The fourth-order valence-corrected chi connectivity index (χ4v) is 2.39. The second-order valence-electron chi connectivity index (χ2n) is 6.30. The molecule has 5 nitrogen and oxygen atoms in total. The summed E-state index contributed by atoms with van der Waals surface area (Å²) in [5.41, 5.74) is -0.465. The van der Waals surface area contributed by atoms with Gasteiger partial charge in [0.25, 0.3) is 0 Å². The van der Waals surface area contributed by atoms with Gasteiger partial charge in [0.05, 0.1) is 0 Å². The van der Waals surface area contributed by atoms with E-state index >= 15 is 0 Å². The lowest BCUT2D eigenvalue weighted by Crippen LogP contribution is -2.42. The number of amides is 2. The Balaban J connectivity index is 2.22.